The van der Waals surface area contributed by atoms with Gasteiger partial charge in [0.25, 0.3) is 5.91 Å². The number of nitrogens with one attached hydrogen (secondary N) is 2. The Morgan fingerprint density at radius 2 is 1.86 bits per heavy atom. The van der Waals surface area contributed by atoms with Crippen LogP contribution in [0.15, 0.2) is 57.4 Å². The topological polar surface area (TPSA) is 66.1 Å². The maximum absolute atomic E-state index is 12.9. The summed E-state index contributed by atoms with van der Waals surface area (Å²) >= 11 is 3.35. The zero-order valence-corrected chi connectivity index (χ0v) is 12.8. The first kappa shape index (κ1) is 14.5. The molecule has 110 valence electrons. The molecule has 0 saturated heterocycles. The van der Waals surface area contributed by atoms with Crippen molar-refractivity contribution < 1.29 is 13.6 Å². The lowest BCUT2D eigenvalue weighted by Crippen LogP contribution is -2.20. The maximum atomic E-state index is 12.9. The van der Waals surface area contributed by atoms with E-state index in [9.17, 15) is 9.18 Å². The molecule has 0 unspecified atom stereocenters. The maximum Gasteiger partial charge on any atom is 0.261 e. The highest BCUT2D eigenvalue weighted by Gasteiger charge is 2.12. The molecule has 0 bridgehead atoms. The highest BCUT2D eigenvalue weighted by Crippen LogP contribution is 2.19. The lowest BCUT2D eigenvalue weighted by Gasteiger charge is -2.06. The summed E-state index contributed by atoms with van der Waals surface area (Å²) in [6.45, 7) is 0. The number of halogens is 2. The van der Waals surface area contributed by atoms with Gasteiger partial charge in [-0.25, -0.2) is 4.39 Å². The van der Waals surface area contributed by atoms with Crippen molar-refractivity contribution in [1.29, 1.82) is 5.41 Å². The number of carbonyl (C=O) groups is 1. The average Bonchev–Trinajstić information content (AvgIpc) is 2.49. The molecule has 0 aliphatic carbocycles. The van der Waals surface area contributed by atoms with Crippen LogP contribution in [0.2, 0.25) is 0 Å². The van der Waals surface area contributed by atoms with Crippen molar-refractivity contribution in [3.63, 3.8) is 0 Å². The summed E-state index contributed by atoms with van der Waals surface area (Å²) in [7, 11) is 0. The Kier molecular flexibility index (Phi) is 3.77. The molecule has 0 radical (unpaired) electrons. The minimum Gasteiger partial charge on any atom is -0.438 e. The fourth-order valence-corrected chi connectivity index (χ4v) is 2.39. The predicted octanol–water partition coefficient (Wildman–Crippen LogP) is 4.07. The summed E-state index contributed by atoms with van der Waals surface area (Å²) in [4.78, 5) is 12.3. The Morgan fingerprint density at radius 1 is 1.14 bits per heavy atom. The van der Waals surface area contributed by atoms with Crippen LogP contribution in [0.25, 0.3) is 11.0 Å². The smallest absolute Gasteiger partial charge is 0.261 e. The summed E-state index contributed by atoms with van der Waals surface area (Å²) in [5, 5.41) is 11.1. The second-order valence-electron chi connectivity index (χ2n) is 4.63. The highest BCUT2D eigenvalue weighted by molar-refractivity contribution is 9.10. The molecule has 1 aromatic heterocycles. The van der Waals surface area contributed by atoms with Crippen LogP contribution in [-0.4, -0.2) is 5.91 Å². The van der Waals surface area contributed by atoms with Gasteiger partial charge in [-0.2, -0.15) is 0 Å². The van der Waals surface area contributed by atoms with Gasteiger partial charge in [0.2, 0.25) is 5.55 Å². The van der Waals surface area contributed by atoms with Crippen LogP contribution in [0, 0.1) is 11.2 Å². The third-order valence-corrected chi connectivity index (χ3v) is 3.57. The van der Waals surface area contributed by atoms with Crippen molar-refractivity contribution in [3.05, 3.63) is 69.9 Å². The fraction of sp³-hybridized carbons (Fsp3) is 0. The second kappa shape index (κ2) is 5.73. The molecular weight excluding hydrogens is 351 g/mol. The highest BCUT2D eigenvalue weighted by atomic mass is 79.9. The van der Waals surface area contributed by atoms with E-state index in [-0.39, 0.29) is 16.9 Å². The number of anilines is 1. The fourth-order valence-electron chi connectivity index (χ4n) is 2.01. The molecule has 4 nitrogen and oxygen atoms in total. The number of fused-ring (bicyclic) bond motifs is 1. The molecule has 1 heterocycles. The van der Waals surface area contributed by atoms with Gasteiger partial charge in [0.15, 0.2) is 0 Å². The van der Waals surface area contributed by atoms with Crippen molar-refractivity contribution in [1.82, 2.24) is 0 Å². The van der Waals surface area contributed by atoms with Gasteiger partial charge in [-0.15, -0.1) is 0 Å². The number of rotatable bonds is 2. The standard InChI is InChI=1S/C16H10BrFN2O2/c17-10-1-6-14-9(7-10)8-13(15(19)22-14)16(21)20-12-4-2-11(18)3-5-12/h1-8,19H,(H,20,21). The Morgan fingerprint density at radius 3 is 2.59 bits per heavy atom. The van der Waals surface area contributed by atoms with Crippen LogP contribution in [0.5, 0.6) is 0 Å². The molecule has 2 aromatic carbocycles. The number of hydrogen-bond acceptors (Lipinski definition) is 3. The van der Waals surface area contributed by atoms with Gasteiger partial charge in [-0.05, 0) is 48.5 Å². The van der Waals surface area contributed by atoms with E-state index in [1.165, 1.54) is 24.3 Å². The van der Waals surface area contributed by atoms with E-state index in [2.05, 4.69) is 21.2 Å². The van der Waals surface area contributed by atoms with Crippen molar-refractivity contribution in [2.24, 2.45) is 0 Å². The van der Waals surface area contributed by atoms with E-state index < -0.39 is 5.91 Å². The summed E-state index contributed by atoms with van der Waals surface area (Å²) in [6, 6.07) is 12.3. The molecule has 3 rings (SSSR count). The van der Waals surface area contributed by atoms with Gasteiger partial charge in [0, 0.05) is 15.5 Å². The zero-order chi connectivity index (χ0) is 15.7. The van der Waals surface area contributed by atoms with Crippen molar-refractivity contribution in [2.75, 3.05) is 5.32 Å². The molecule has 0 spiro atoms. The minimum atomic E-state index is -0.484. The lowest BCUT2D eigenvalue weighted by molar-refractivity contribution is 0.102. The molecular formula is C16H10BrFN2O2. The van der Waals surface area contributed by atoms with Gasteiger partial charge in [-0.1, -0.05) is 15.9 Å². The van der Waals surface area contributed by atoms with E-state index in [1.807, 2.05) is 0 Å². The minimum absolute atomic E-state index is 0.106. The summed E-state index contributed by atoms with van der Waals surface area (Å²) < 4.78 is 19.1. The van der Waals surface area contributed by atoms with E-state index in [0.29, 0.717) is 16.7 Å². The molecule has 0 atom stereocenters. The molecule has 0 aliphatic rings. The number of benzene rings is 2. The first-order chi connectivity index (χ1) is 10.5. The predicted molar refractivity (Wildman–Crippen MR) is 84.1 cm³/mol. The van der Waals surface area contributed by atoms with E-state index in [1.54, 1.807) is 24.3 Å². The van der Waals surface area contributed by atoms with Crippen LogP contribution in [0.3, 0.4) is 0 Å². The van der Waals surface area contributed by atoms with Crippen LogP contribution < -0.4 is 10.9 Å². The second-order valence-corrected chi connectivity index (χ2v) is 5.55. The van der Waals surface area contributed by atoms with E-state index in [0.717, 1.165) is 4.47 Å². The Hall–Kier alpha value is -2.47. The third-order valence-electron chi connectivity index (χ3n) is 3.08. The van der Waals surface area contributed by atoms with Crippen molar-refractivity contribution >= 4 is 38.5 Å². The number of amides is 1. The normalized spacial score (nSPS) is 10.6. The van der Waals surface area contributed by atoms with E-state index >= 15 is 0 Å². The molecule has 22 heavy (non-hydrogen) atoms. The summed E-state index contributed by atoms with van der Waals surface area (Å²) in [5.74, 6) is -0.869. The van der Waals surface area contributed by atoms with Gasteiger partial charge in [0.1, 0.15) is 17.0 Å². The molecule has 2 N–H and O–H groups in total. The number of carbonyl (C=O) groups excluding carboxylic acids is 1. The van der Waals surface area contributed by atoms with Crippen LogP contribution in [0.4, 0.5) is 10.1 Å². The SMILES string of the molecule is N=c1oc2ccc(Br)cc2cc1C(=O)Nc1ccc(F)cc1. The third kappa shape index (κ3) is 2.92. The summed E-state index contributed by atoms with van der Waals surface area (Å²) in [6.07, 6.45) is 0. The Bertz CT molecular complexity index is 920. The molecule has 0 fully saturated rings. The van der Waals surface area contributed by atoms with Crippen LogP contribution >= 0.6 is 15.9 Å². The molecule has 0 aliphatic heterocycles. The van der Waals surface area contributed by atoms with Gasteiger partial charge in [-0.3, -0.25) is 10.2 Å². The molecule has 0 saturated carbocycles. The molecule has 3 aromatic rings. The zero-order valence-electron chi connectivity index (χ0n) is 11.2. The van der Waals surface area contributed by atoms with Gasteiger partial charge in [0.05, 0.1) is 0 Å². The van der Waals surface area contributed by atoms with Crippen molar-refractivity contribution in [3.8, 4) is 0 Å². The number of hydrogen-bond donors (Lipinski definition) is 2. The van der Waals surface area contributed by atoms with Gasteiger partial charge >= 0.3 is 0 Å². The largest absolute Gasteiger partial charge is 0.438 e. The quantitative estimate of drug-likeness (QED) is 0.723. The monoisotopic (exact) mass is 360 g/mol. The van der Waals surface area contributed by atoms with Crippen LogP contribution in [-0.2, 0) is 0 Å². The molecule has 6 heteroatoms. The first-order valence-electron chi connectivity index (χ1n) is 6.38. The average molecular weight is 361 g/mol. The Labute approximate surface area is 133 Å². The lowest BCUT2D eigenvalue weighted by atomic mass is 10.1. The summed E-state index contributed by atoms with van der Waals surface area (Å²) in [5.41, 5.74) is 0.844. The molecule has 1 amide bonds. The first-order valence-corrected chi connectivity index (χ1v) is 7.17. The van der Waals surface area contributed by atoms with Gasteiger partial charge < -0.3 is 9.73 Å². The van der Waals surface area contributed by atoms with E-state index in [4.69, 9.17) is 9.83 Å². The Balaban J connectivity index is 1.98. The van der Waals surface area contributed by atoms with Crippen LogP contribution in [0.1, 0.15) is 10.4 Å². The van der Waals surface area contributed by atoms with Crippen molar-refractivity contribution in [2.45, 2.75) is 0 Å².